The quantitative estimate of drug-likeness (QED) is 0.846. The van der Waals surface area contributed by atoms with Crippen molar-refractivity contribution in [3.05, 3.63) is 23.8 Å². The molecule has 1 N–H and O–H groups in total. The number of urea groups is 1. The zero-order valence-electron chi connectivity index (χ0n) is 16.2. The predicted molar refractivity (Wildman–Crippen MR) is 101 cm³/mol. The summed E-state index contributed by atoms with van der Waals surface area (Å²) in [5.74, 6) is 0.342. The lowest BCUT2D eigenvalue weighted by Gasteiger charge is -2.35. The SMILES string of the molecule is CC(C)NC(=O)N1CCN(C(=O)c2ccc3c(c2)N(C)C(=O)C(C)O3)CC1. The summed E-state index contributed by atoms with van der Waals surface area (Å²) in [6, 6.07) is 5.12. The van der Waals surface area contributed by atoms with Crippen LogP contribution in [0.15, 0.2) is 18.2 Å². The van der Waals surface area contributed by atoms with E-state index in [1.807, 2.05) is 13.8 Å². The normalized spacial score (nSPS) is 19.7. The Morgan fingerprint density at radius 2 is 1.78 bits per heavy atom. The van der Waals surface area contributed by atoms with Crippen molar-refractivity contribution >= 4 is 23.5 Å². The van der Waals surface area contributed by atoms with E-state index in [-0.39, 0.29) is 23.9 Å². The number of fused-ring (bicyclic) bond motifs is 1. The van der Waals surface area contributed by atoms with Crippen molar-refractivity contribution in [2.45, 2.75) is 32.9 Å². The van der Waals surface area contributed by atoms with Gasteiger partial charge in [-0.3, -0.25) is 9.59 Å². The van der Waals surface area contributed by atoms with E-state index in [1.54, 1.807) is 42.0 Å². The lowest BCUT2D eigenvalue weighted by atomic mass is 10.1. The number of ether oxygens (including phenoxy) is 1. The molecule has 1 atom stereocenters. The zero-order chi connectivity index (χ0) is 19.7. The van der Waals surface area contributed by atoms with Gasteiger partial charge in [0, 0.05) is 44.8 Å². The molecule has 8 nitrogen and oxygen atoms in total. The van der Waals surface area contributed by atoms with Gasteiger partial charge in [-0.2, -0.15) is 0 Å². The summed E-state index contributed by atoms with van der Waals surface area (Å²) in [5.41, 5.74) is 1.10. The first-order valence-corrected chi connectivity index (χ1v) is 9.21. The van der Waals surface area contributed by atoms with Gasteiger partial charge in [-0.1, -0.05) is 0 Å². The van der Waals surface area contributed by atoms with Crippen LogP contribution in [0.3, 0.4) is 0 Å². The van der Waals surface area contributed by atoms with Crippen LogP contribution in [0.5, 0.6) is 5.75 Å². The third-order valence-corrected chi connectivity index (χ3v) is 4.82. The molecule has 3 rings (SSSR count). The monoisotopic (exact) mass is 374 g/mol. The minimum Gasteiger partial charge on any atom is -0.479 e. The van der Waals surface area contributed by atoms with Crippen LogP contribution in [0.1, 0.15) is 31.1 Å². The van der Waals surface area contributed by atoms with E-state index < -0.39 is 6.10 Å². The molecule has 0 saturated carbocycles. The van der Waals surface area contributed by atoms with Crippen LogP contribution >= 0.6 is 0 Å². The first-order valence-electron chi connectivity index (χ1n) is 9.21. The van der Waals surface area contributed by atoms with Crippen LogP contribution in [0.2, 0.25) is 0 Å². The van der Waals surface area contributed by atoms with Crippen molar-refractivity contribution in [3.63, 3.8) is 0 Å². The summed E-state index contributed by atoms with van der Waals surface area (Å²) in [4.78, 5) is 42.0. The molecule has 27 heavy (non-hydrogen) atoms. The van der Waals surface area contributed by atoms with Gasteiger partial charge in [-0.15, -0.1) is 0 Å². The zero-order valence-corrected chi connectivity index (χ0v) is 16.2. The summed E-state index contributed by atoms with van der Waals surface area (Å²) >= 11 is 0. The number of amides is 4. The maximum Gasteiger partial charge on any atom is 0.317 e. The maximum absolute atomic E-state index is 12.9. The van der Waals surface area contributed by atoms with Gasteiger partial charge in [-0.05, 0) is 39.0 Å². The summed E-state index contributed by atoms with van der Waals surface area (Å²) < 4.78 is 5.60. The molecule has 1 aromatic carbocycles. The molecular weight excluding hydrogens is 348 g/mol. The molecule has 2 aliphatic heterocycles. The molecule has 0 aliphatic carbocycles. The third-order valence-electron chi connectivity index (χ3n) is 4.82. The summed E-state index contributed by atoms with van der Waals surface area (Å²) in [5, 5.41) is 2.87. The van der Waals surface area contributed by atoms with Gasteiger partial charge in [0.1, 0.15) is 5.75 Å². The summed E-state index contributed by atoms with van der Waals surface area (Å²) in [6.07, 6.45) is -0.533. The Morgan fingerprint density at radius 1 is 1.15 bits per heavy atom. The molecular formula is C19H26N4O4. The number of carbonyl (C=O) groups is 3. The summed E-state index contributed by atoms with van der Waals surface area (Å²) in [7, 11) is 1.68. The van der Waals surface area contributed by atoms with Gasteiger partial charge in [0.05, 0.1) is 5.69 Å². The number of hydrogen-bond acceptors (Lipinski definition) is 4. The number of piperazine rings is 1. The van der Waals surface area contributed by atoms with Crippen LogP contribution in [0.4, 0.5) is 10.5 Å². The largest absolute Gasteiger partial charge is 0.479 e. The highest BCUT2D eigenvalue weighted by Crippen LogP contribution is 2.34. The lowest BCUT2D eigenvalue weighted by molar-refractivity contribution is -0.125. The van der Waals surface area contributed by atoms with E-state index >= 15 is 0 Å². The molecule has 8 heteroatoms. The number of hydrogen-bond donors (Lipinski definition) is 1. The van der Waals surface area contributed by atoms with Crippen LogP contribution in [0.25, 0.3) is 0 Å². The molecule has 0 aromatic heterocycles. The molecule has 0 spiro atoms. The van der Waals surface area contributed by atoms with E-state index in [0.717, 1.165) is 0 Å². The average Bonchev–Trinajstić information content (AvgIpc) is 2.65. The molecule has 146 valence electrons. The van der Waals surface area contributed by atoms with Gasteiger partial charge in [0.15, 0.2) is 6.10 Å². The standard InChI is InChI=1S/C19H26N4O4/c1-12(2)20-19(26)23-9-7-22(8-10-23)18(25)14-5-6-16-15(11-14)21(4)17(24)13(3)27-16/h5-6,11-13H,7-10H2,1-4H3,(H,20,26). The lowest BCUT2D eigenvalue weighted by Crippen LogP contribution is -2.54. The Morgan fingerprint density at radius 3 is 2.41 bits per heavy atom. The van der Waals surface area contributed by atoms with Crippen molar-refractivity contribution in [3.8, 4) is 5.75 Å². The third kappa shape index (κ3) is 3.84. The minimum absolute atomic E-state index is 0.0808. The topological polar surface area (TPSA) is 82.2 Å². The number of anilines is 1. The van der Waals surface area contributed by atoms with Gasteiger partial charge < -0.3 is 24.8 Å². The highest BCUT2D eigenvalue weighted by molar-refractivity contribution is 6.02. The van der Waals surface area contributed by atoms with Crippen molar-refractivity contribution < 1.29 is 19.1 Å². The molecule has 0 bridgehead atoms. The maximum atomic E-state index is 12.9. The fourth-order valence-electron chi connectivity index (χ4n) is 3.28. The number of nitrogens with one attached hydrogen (secondary N) is 1. The first kappa shape index (κ1) is 19.0. The van der Waals surface area contributed by atoms with E-state index in [2.05, 4.69) is 5.32 Å². The fourth-order valence-corrected chi connectivity index (χ4v) is 3.28. The van der Waals surface area contributed by atoms with Crippen molar-refractivity contribution in [1.82, 2.24) is 15.1 Å². The van der Waals surface area contributed by atoms with Crippen LogP contribution in [-0.2, 0) is 4.79 Å². The van der Waals surface area contributed by atoms with Crippen molar-refractivity contribution in [2.24, 2.45) is 0 Å². The highest BCUT2D eigenvalue weighted by atomic mass is 16.5. The Bertz CT molecular complexity index is 756. The second-order valence-corrected chi connectivity index (χ2v) is 7.22. The Labute approximate surface area is 159 Å². The van der Waals surface area contributed by atoms with Crippen molar-refractivity contribution in [1.29, 1.82) is 0 Å². The van der Waals surface area contributed by atoms with Crippen LogP contribution < -0.4 is 15.0 Å². The Hall–Kier alpha value is -2.77. The van der Waals surface area contributed by atoms with Gasteiger partial charge in [-0.25, -0.2) is 4.79 Å². The Kier molecular flexibility index (Phi) is 5.25. The van der Waals surface area contributed by atoms with E-state index in [0.29, 0.717) is 43.2 Å². The average molecular weight is 374 g/mol. The van der Waals surface area contributed by atoms with Crippen molar-refractivity contribution in [2.75, 3.05) is 38.1 Å². The molecule has 1 unspecified atom stereocenters. The second-order valence-electron chi connectivity index (χ2n) is 7.22. The number of nitrogens with zero attached hydrogens (tertiary/aromatic N) is 3. The molecule has 1 saturated heterocycles. The van der Waals surface area contributed by atoms with Crippen LogP contribution in [-0.4, -0.2) is 73.0 Å². The molecule has 0 radical (unpaired) electrons. The van der Waals surface area contributed by atoms with Gasteiger partial charge >= 0.3 is 6.03 Å². The number of likely N-dealkylation sites (N-methyl/N-ethyl adjacent to an activating group) is 1. The molecule has 2 aliphatic rings. The van der Waals surface area contributed by atoms with Gasteiger partial charge in [0.25, 0.3) is 11.8 Å². The molecule has 2 heterocycles. The highest BCUT2D eigenvalue weighted by Gasteiger charge is 2.31. The number of carbonyl (C=O) groups excluding carboxylic acids is 3. The van der Waals surface area contributed by atoms with Gasteiger partial charge in [0.2, 0.25) is 0 Å². The van der Waals surface area contributed by atoms with E-state index in [9.17, 15) is 14.4 Å². The first-order chi connectivity index (χ1) is 12.8. The van der Waals surface area contributed by atoms with E-state index in [1.165, 1.54) is 4.90 Å². The minimum atomic E-state index is -0.533. The second kappa shape index (κ2) is 7.46. The molecule has 1 aromatic rings. The smallest absolute Gasteiger partial charge is 0.317 e. The predicted octanol–water partition coefficient (Wildman–Crippen LogP) is 1.31. The van der Waals surface area contributed by atoms with Crippen LogP contribution in [0, 0.1) is 0 Å². The van der Waals surface area contributed by atoms with E-state index in [4.69, 9.17) is 4.74 Å². The molecule has 1 fully saturated rings. The molecule has 4 amide bonds. The number of benzene rings is 1. The number of rotatable bonds is 2. The Balaban J connectivity index is 1.68. The fraction of sp³-hybridized carbons (Fsp3) is 0.526. The summed E-state index contributed by atoms with van der Waals surface area (Å²) in [6.45, 7) is 7.48.